The number of furan rings is 1. The van der Waals surface area contributed by atoms with Gasteiger partial charge in [0.1, 0.15) is 5.76 Å². The van der Waals surface area contributed by atoms with Crippen LogP contribution in [0.3, 0.4) is 0 Å². The fourth-order valence-corrected chi connectivity index (χ4v) is 1.77. The minimum Gasteiger partial charge on any atom is -0.467 e. The summed E-state index contributed by atoms with van der Waals surface area (Å²) in [5, 5.41) is 5.70. The molecular weight excluding hydrogens is 268 g/mol. The van der Waals surface area contributed by atoms with E-state index in [-0.39, 0.29) is 5.91 Å². The van der Waals surface area contributed by atoms with Crippen LogP contribution in [0.1, 0.15) is 18.2 Å². The average molecular weight is 286 g/mol. The minimum atomic E-state index is -0.102. The molecule has 21 heavy (non-hydrogen) atoms. The first-order chi connectivity index (χ1) is 10.1. The van der Waals surface area contributed by atoms with E-state index in [0.29, 0.717) is 19.0 Å². The number of nitrogens with two attached hydrogens (primary N) is 1. The maximum Gasteiger partial charge on any atom is 0.221 e. The standard InChI is InChI=1S/C15H18N4O2/c1-11(20)19-13-5-2-4-12(8-13)9-17-15(16)18-10-14-6-3-7-21-14/h2-8H,9-10H2,1H3,(H,19,20)(H3,16,17,18). The molecular formula is C15H18N4O2. The molecule has 0 atom stereocenters. The second-order valence-electron chi connectivity index (χ2n) is 4.52. The van der Waals surface area contributed by atoms with Crippen molar-refractivity contribution in [2.45, 2.75) is 20.0 Å². The van der Waals surface area contributed by atoms with Crippen molar-refractivity contribution < 1.29 is 9.21 Å². The Balaban J connectivity index is 1.88. The predicted octanol–water partition coefficient (Wildman–Crippen LogP) is 1.84. The van der Waals surface area contributed by atoms with Crippen LogP contribution in [0.25, 0.3) is 0 Å². The molecule has 0 fully saturated rings. The van der Waals surface area contributed by atoms with E-state index in [4.69, 9.17) is 10.2 Å². The number of hydrogen-bond donors (Lipinski definition) is 3. The van der Waals surface area contributed by atoms with Crippen LogP contribution in [-0.4, -0.2) is 11.9 Å². The molecule has 4 N–H and O–H groups in total. The van der Waals surface area contributed by atoms with Gasteiger partial charge in [-0.1, -0.05) is 12.1 Å². The Morgan fingerprint density at radius 3 is 2.90 bits per heavy atom. The van der Waals surface area contributed by atoms with Crippen molar-refractivity contribution in [1.82, 2.24) is 5.32 Å². The van der Waals surface area contributed by atoms with Crippen molar-refractivity contribution in [2.75, 3.05) is 5.32 Å². The number of hydrogen-bond acceptors (Lipinski definition) is 3. The molecule has 110 valence electrons. The highest BCUT2D eigenvalue weighted by Crippen LogP contribution is 2.11. The number of benzene rings is 1. The van der Waals surface area contributed by atoms with E-state index < -0.39 is 0 Å². The van der Waals surface area contributed by atoms with Crippen LogP contribution in [-0.2, 0) is 17.9 Å². The van der Waals surface area contributed by atoms with E-state index >= 15 is 0 Å². The molecule has 0 unspecified atom stereocenters. The van der Waals surface area contributed by atoms with Gasteiger partial charge in [0, 0.05) is 12.6 Å². The number of rotatable bonds is 5. The van der Waals surface area contributed by atoms with Crippen molar-refractivity contribution in [1.29, 1.82) is 0 Å². The Labute approximate surface area is 123 Å². The molecule has 0 aliphatic carbocycles. The first-order valence-corrected chi connectivity index (χ1v) is 6.56. The molecule has 6 heteroatoms. The van der Waals surface area contributed by atoms with Gasteiger partial charge in [-0.2, -0.15) is 0 Å². The third-order valence-corrected chi connectivity index (χ3v) is 2.70. The summed E-state index contributed by atoms with van der Waals surface area (Å²) in [4.78, 5) is 15.3. The van der Waals surface area contributed by atoms with Crippen LogP contribution in [0.2, 0.25) is 0 Å². The van der Waals surface area contributed by atoms with Gasteiger partial charge in [-0.05, 0) is 29.8 Å². The van der Waals surface area contributed by atoms with Crippen LogP contribution < -0.4 is 16.4 Å². The quantitative estimate of drug-likeness (QED) is 0.577. The minimum absolute atomic E-state index is 0.102. The van der Waals surface area contributed by atoms with Gasteiger partial charge in [-0.3, -0.25) is 4.79 Å². The van der Waals surface area contributed by atoms with Crippen molar-refractivity contribution in [3.63, 3.8) is 0 Å². The molecule has 1 heterocycles. The second-order valence-corrected chi connectivity index (χ2v) is 4.52. The van der Waals surface area contributed by atoms with Crippen LogP contribution >= 0.6 is 0 Å². The molecule has 0 radical (unpaired) electrons. The number of carbonyl (C=O) groups excluding carboxylic acids is 1. The number of guanidine groups is 1. The molecule has 0 aliphatic heterocycles. The number of carbonyl (C=O) groups is 1. The molecule has 0 spiro atoms. The third-order valence-electron chi connectivity index (χ3n) is 2.70. The highest BCUT2D eigenvalue weighted by Gasteiger charge is 1.99. The predicted molar refractivity (Wildman–Crippen MR) is 81.6 cm³/mol. The zero-order valence-corrected chi connectivity index (χ0v) is 11.8. The Morgan fingerprint density at radius 1 is 1.33 bits per heavy atom. The number of amides is 1. The number of nitrogens with one attached hydrogen (secondary N) is 2. The number of anilines is 1. The van der Waals surface area contributed by atoms with E-state index in [1.54, 1.807) is 6.26 Å². The summed E-state index contributed by atoms with van der Waals surface area (Å²) in [5.74, 6) is 1.03. The lowest BCUT2D eigenvalue weighted by Crippen LogP contribution is -2.30. The molecule has 1 aromatic carbocycles. The summed E-state index contributed by atoms with van der Waals surface area (Å²) in [6.45, 7) is 2.40. The third kappa shape index (κ3) is 5.02. The summed E-state index contributed by atoms with van der Waals surface area (Å²) in [6.07, 6.45) is 1.61. The maximum atomic E-state index is 11.0. The van der Waals surface area contributed by atoms with Gasteiger partial charge in [0.15, 0.2) is 5.96 Å². The lowest BCUT2D eigenvalue weighted by Gasteiger charge is -2.05. The average Bonchev–Trinajstić information content (AvgIpc) is 2.96. The Kier molecular flexibility index (Phi) is 4.98. The van der Waals surface area contributed by atoms with Crippen molar-refractivity contribution in [3.8, 4) is 0 Å². The highest BCUT2D eigenvalue weighted by molar-refractivity contribution is 5.88. The molecule has 0 saturated carbocycles. The number of aliphatic imine (C=N–C) groups is 1. The van der Waals surface area contributed by atoms with E-state index in [1.807, 2.05) is 36.4 Å². The van der Waals surface area contributed by atoms with Gasteiger partial charge in [0.25, 0.3) is 0 Å². The van der Waals surface area contributed by atoms with E-state index in [2.05, 4.69) is 15.6 Å². The Bertz CT molecular complexity index is 620. The fraction of sp³-hybridized carbons (Fsp3) is 0.200. The Hall–Kier alpha value is -2.76. The van der Waals surface area contributed by atoms with Crippen molar-refractivity contribution in [3.05, 3.63) is 54.0 Å². The monoisotopic (exact) mass is 286 g/mol. The smallest absolute Gasteiger partial charge is 0.221 e. The molecule has 1 aromatic heterocycles. The molecule has 2 aromatic rings. The number of nitrogens with zero attached hydrogens (tertiary/aromatic N) is 1. The second kappa shape index (κ2) is 7.14. The van der Waals surface area contributed by atoms with Gasteiger partial charge in [-0.15, -0.1) is 0 Å². The van der Waals surface area contributed by atoms with Crippen LogP contribution in [0.15, 0.2) is 52.1 Å². The van der Waals surface area contributed by atoms with Crippen LogP contribution in [0.5, 0.6) is 0 Å². The summed E-state index contributed by atoms with van der Waals surface area (Å²) in [5.41, 5.74) is 7.49. The summed E-state index contributed by atoms with van der Waals surface area (Å²) in [6, 6.07) is 11.2. The fourth-order valence-electron chi connectivity index (χ4n) is 1.77. The normalized spacial score (nSPS) is 11.2. The van der Waals surface area contributed by atoms with Crippen molar-refractivity contribution >= 4 is 17.6 Å². The molecule has 6 nitrogen and oxygen atoms in total. The summed E-state index contributed by atoms with van der Waals surface area (Å²) < 4.78 is 5.19. The maximum absolute atomic E-state index is 11.0. The van der Waals surface area contributed by atoms with Crippen LogP contribution in [0, 0.1) is 0 Å². The first-order valence-electron chi connectivity index (χ1n) is 6.56. The molecule has 0 bridgehead atoms. The van der Waals surface area contributed by atoms with Gasteiger partial charge < -0.3 is 20.8 Å². The van der Waals surface area contributed by atoms with Gasteiger partial charge in [0.2, 0.25) is 5.91 Å². The molecule has 0 aliphatic rings. The SMILES string of the molecule is CC(=O)Nc1cccc(CN=C(N)NCc2ccco2)c1. The van der Waals surface area contributed by atoms with Gasteiger partial charge in [0.05, 0.1) is 19.4 Å². The molecule has 0 saturated heterocycles. The van der Waals surface area contributed by atoms with E-state index in [0.717, 1.165) is 17.0 Å². The Morgan fingerprint density at radius 2 is 2.19 bits per heavy atom. The van der Waals surface area contributed by atoms with E-state index in [1.165, 1.54) is 6.92 Å². The van der Waals surface area contributed by atoms with E-state index in [9.17, 15) is 4.79 Å². The van der Waals surface area contributed by atoms with Crippen LogP contribution in [0.4, 0.5) is 5.69 Å². The molecule has 1 amide bonds. The molecule has 2 rings (SSSR count). The van der Waals surface area contributed by atoms with Gasteiger partial charge >= 0.3 is 0 Å². The lowest BCUT2D eigenvalue weighted by molar-refractivity contribution is -0.114. The van der Waals surface area contributed by atoms with Crippen molar-refractivity contribution in [2.24, 2.45) is 10.7 Å². The zero-order chi connectivity index (χ0) is 15.1. The summed E-state index contributed by atoms with van der Waals surface area (Å²) >= 11 is 0. The lowest BCUT2D eigenvalue weighted by atomic mass is 10.2. The van der Waals surface area contributed by atoms with Gasteiger partial charge in [-0.25, -0.2) is 4.99 Å². The highest BCUT2D eigenvalue weighted by atomic mass is 16.3. The largest absolute Gasteiger partial charge is 0.467 e. The zero-order valence-electron chi connectivity index (χ0n) is 11.8. The topological polar surface area (TPSA) is 92.7 Å². The summed E-state index contributed by atoms with van der Waals surface area (Å²) in [7, 11) is 0. The first kappa shape index (κ1) is 14.6.